The van der Waals surface area contributed by atoms with Crippen LogP contribution in [0.25, 0.3) is 0 Å². The molecule has 0 aromatic carbocycles. The van der Waals surface area contributed by atoms with Crippen LogP contribution in [0.1, 0.15) is 213 Å². The van der Waals surface area contributed by atoms with E-state index in [1.807, 2.05) is 0 Å². The average molecular weight is 933 g/mol. The minimum atomic E-state index is -4.54. The van der Waals surface area contributed by atoms with E-state index in [0.29, 0.717) is 13.0 Å². The molecule has 10 heteroatoms. The van der Waals surface area contributed by atoms with Gasteiger partial charge in [-0.1, -0.05) is 227 Å². The van der Waals surface area contributed by atoms with Crippen molar-refractivity contribution in [2.45, 2.75) is 225 Å². The lowest BCUT2D eigenvalue weighted by molar-refractivity contribution is -0.154. The molecule has 0 aromatic rings. The van der Waals surface area contributed by atoms with Crippen LogP contribution in [0.4, 0.5) is 0 Å². The fraction of sp³-hybridized carbons (Fsp3) is 0.727. The number of aliphatic hydroxyl groups is 2. The monoisotopic (exact) mass is 933 g/mol. The van der Waals surface area contributed by atoms with E-state index in [0.717, 1.165) is 70.6 Å². The smallest absolute Gasteiger partial charge is 0.457 e. The van der Waals surface area contributed by atoms with Crippen molar-refractivity contribution in [1.82, 2.24) is 0 Å². The third kappa shape index (κ3) is 50.9. The summed E-state index contributed by atoms with van der Waals surface area (Å²) >= 11 is 0. The molecule has 0 aliphatic rings. The molecule has 0 spiro atoms. The largest absolute Gasteiger partial charge is 0.472 e. The summed E-state index contributed by atoms with van der Waals surface area (Å²) in [5.41, 5.74) is 0. The number of ether oxygens (including phenoxy) is 2. The molecule has 0 aliphatic heterocycles. The molecule has 376 valence electrons. The number of rotatable bonds is 49. The molecule has 0 aromatic heterocycles. The fourth-order valence-corrected chi connectivity index (χ4v) is 7.72. The molecular weight excluding hydrogens is 836 g/mol. The summed E-state index contributed by atoms with van der Waals surface area (Å²) < 4.78 is 33.5. The molecule has 9 nitrogen and oxygen atoms in total. The lowest BCUT2D eigenvalue weighted by Crippen LogP contribution is -2.29. The predicted molar refractivity (Wildman–Crippen MR) is 274 cm³/mol. The van der Waals surface area contributed by atoms with Crippen molar-refractivity contribution in [3.63, 3.8) is 0 Å². The summed E-state index contributed by atoms with van der Waals surface area (Å²) in [6.07, 6.45) is 64.2. The number of unbranched alkanes of at least 4 members (excludes halogenated alkanes) is 21. The van der Waals surface area contributed by atoms with Gasteiger partial charge in [0.2, 0.25) is 0 Å². The van der Waals surface area contributed by atoms with Gasteiger partial charge in [-0.25, -0.2) is 4.57 Å². The van der Waals surface area contributed by atoms with Crippen molar-refractivity contribution < 1.29 is 43.0 Å². The molecule has 3 atom stereocenters. The van der Waals surface area contributed by atoms with Crippen LogP contribution in [0.2, 0.25) is 0 Å². The number of phosphoric ester groups is 1. The van der Waals surface area contributed by atoms with Gasteiger partial charge in [0.05, 0.1) is 26.4 Å². The van der Waals surface area contributed by atoms with Crippen molar-refractivity contribution in [2.24, 2.45) is 0 Å². The zero-order chi connectivity index (χ0) is 47.4. The second kappa shape index (κ2) is 51.0. The Balaban J connectivity index is 4.18. The number of hydrogen-bond acceptors (Lipinski definition) is 8. The average Bonchev–Trinajstić information content (AvgIpc) is 3.30. The Morgan fingerprint density at radius 3 is 1.26 bits per heavy atom. The zero-order valence-electron chi connectivity index (χ0n) is 41.4. The Morgan fingerprint density at radius 2 is 0.862 bits per heavy atom. The molecular formula is C55H97O9P. The number of allylic oxidation sites excluding steroid dienone is 14. The second-order valence-corrected chi connectivity index (χ2v) is 18.6. The Morgan fingerprint density at radius 1 is 0.492 bits per heavy atom. The van der Waals surface area contributed by atoms with Gasteiger partial charge in [-0.2, -0.15) is 0 Å². The van der Waals surface area contributed by atoms with Crippen LogP contribution in [0, 0.1) is 0 Å². The van der Waals surface area contributed by atoms with Crippen molar-refractivity contribution in [1.29, 1.82) is 0 Å². The summed E-state index contributed by atoms with van der Waals surface area (Å²) in [6, 6.07) is 0. The summed E-state index contributed by atoms with van der Waals surface area (Å²) in [5.74, 6) is -0.439. The van der Waals surface area contributed by atoms with Gasteiger partial charge in [-0.15, -0.1) is 0 Å². The summed E-state index contributed by atoms with van der Waals surface area (Å²) in [5, 5.41) is 18.4. The number of aliphatic hydroxyl groups excluding tert-OH is 2. The highest BCUT2D eigenvalue weighted by Crippen LogP contribution is 2.43. The fourth-order valence-electron chi connectivity index (χ4n) is 6.93. The lowest BCUT2D eigenvalue weighted by atomic mass is 10.0. The molecule has 0 saturated carbocycles. The first-order chi connectivity index (χ1) is 31.8. The maximum Gasteiger partial charge on any atom is 0.472 e. The first-order valence-electron chi connectivity index (χ1n) is 26.1. The standard InChI is InChI=1S/C55H97O9P/c1-3-5-7-9-11-13-15-17-19-21-23-25-26-27-29-31-33-35-37-39-41-43-45-47-55(58)64-54(52-63-65(59,60)62-50-53(57)49-56)51-61-48-46-44-42-40-38-36-34-32-30-28-24-22-20-18-16-14-12-10-8-6-4-2/h5,7,11,13,17,19,23,25,27,29,33,35,39,41,53-54,56-57H,3-4,6,8-10,12,14-16,18,20-22,24,26,28,30-32,34,36-38,40,42-52H2,1-2H3,(H,59,60)/b7-5-,13-11-,19-17-,25-23-,29-27-,35-33-,41-39-. The van der Waals surface area contributed by atoms with E-state index in [9.17, 15) is 19.4 Å². The highest BCUT2D eigenvalue weighted by Gasteiger charge is 2.26. The van der Waals surface area contributed by atoms with E-state index in [-0.39, 0.29) is 13.0 Å². The van der Waals surface area contributed by atoms with E-state index in [4.69, 9.17) is 23.6 Å². The van der Waals surface area contributed by atoms with Gasteiger partial charge in [0, 0.05) is 13.0 Å². The minimum absolute atomic E-state index is 0.0239. The highest BCUT2D eigenvalue weighted by molar-refractivity contribution is 7.47. The van der Waals surface area contributed by atoms with Crippen LogP contribution in [0.3, 0.4) is 0 Å². The number of phosphoric acid groups is 1. The first kappa shape index (κ1) is 62.6. The summed E-state index contributed by atoms with van der Waals surface area (Å²) in [7, 11) is -4.54. The number of carbonyl (C=O) groups is 1. The van der Waals surface area contributed by atoms with Crippen molar-refractivity contribution in [3.05, 3.63) is 85.1 Å². The third-order valence-corrected chi connectivity index (χ3v) is 11.8. The molecule has 0 heterocycles. The van der Waals surface area contributed by atoms with Crippen LogP contribution in [0.15, 0.2) is 85.1 Å². The molecule has 3 unspecified atom stereocenters. The maximum atomic E-state index is 12.7. The first-order valence-corrected chi connectivity index (χ1v) is 27.6. The zero-order valence-corrected chi connectivity index (χ0v) is 42.3. The molecule has 0 saturated heterocycles. The third-order valence-electron chi connectivity index (χ3n) is 10.8. The van der Waals surface area contributed by atoms with Crippen LogP contribution < -0.4 is 0 Å². The van der Waals surface area contributed by atoms with Crippen LogP contribution >= 0.6 is 7.82 Å². The molecule has 0 bridgehead atoms. The SMILES string of the molecule is CC/C=C\C/C=C\C/C=C\C/C=C\C/C=C\C/C=C\C/C=C\CCCC(=O)OC(COCCCCCCCCCCCCCCCCCCCCCCC)COP(=O)(O)OCC(O)CO. The van der Waals surface area contributed by atoms with E-state index in [2.05, 4.69) is 98.9 Å². The Bertz CT molecular complexity index is 1290. The molecule has 3 N–H and O–H groups in total. The number of hydrogen-bond donors (Lipinski definition) is 3. The van der Waals surface area contributed by atoms with Crippen LogP contribution in [-0.4, -0.2) is 66.3 Å². The van der Waals surface area contributed by atoms with Crippen molar-refractivity contribution in [3.8, 4) is 0 Å². The van der Waals surface area contributed by atoms with Gasteiger partial charge in [-0.3, -0.25) is 13.8 Å². The highest BCUT2D eigenvalue weighted by atomic mass is 31.2. The lowest BCUT2D eigenvalue weighted by Gasteiger charge is -2.20. The second-order valence-electron chi connectivity index (χ2n) is 17.2. The Kier molecular flexibility index (Phi) is 49.2. The van der Waals surface area contributed by atoms with E-state index < -0.39 is 45.8 Å². The van der Waals surface area contributed by atoms with Crippen LogP contribution in [-0.2, 0) is 27.9 Å². The van der Waals surface area contributed by atoms with Gasteiger partial charge in [0.15, 0.2) is 0 Å². The number of carbonyl (C=O) groups excluding carboxylic acids is 1. The van der Waals surface area contributed by atoms with E-state index in [1.54, 1.807) is 0 Å². The summed E-state index contributed by atoms with van der Waals surface area (Å²) in [4.78, 5) is 22.7. The van der Waals surface area contributed by atoms with Gasteiger partial charge >= 0.3 is 13.8 Å². The van der Waals surface area contributed by atoms with Crippen LogP contribution in [0.5, 0.6) is 0 Å². The van der Waals surface area contributed by atoms with Crippen molar-refractivity contribution >= 4 is 13.8 Å². The quantitative estimate of drug-likeness (QED) is 0.0236. The normalized spacial score (nSPS) is 14.5. The Labute approximate surface area is 398 Å². The molecule has 0 amide bonds. The van der Waals surface area contributed by atoms with E-state index in [1.165, 1.54) is 116 Å². The minimum Gasteiger partial charge on any atom is -0.457 e. The molecule has 65 heavy (non-hydrogen) atoms. The van der Waals surface area contributed by atoms with Gasteiger partial charge < -0.3 is 24.6 Å². The summed E-state index contributed by atoms with van der Waals surface area (Å²) in [6.45, 7) is 3.35. The molecule has 0 aliphatic carbocycles. The van der Waals surface area contributed by atoms with Gasteiger partial charge in [0.25, 0.3) is 0 Å². The molecule has 0 rings (SSSR count). The van der Waals surface area contributed by atoms with Gasteiger partial charge in [-0.05, 0) is 64.2 Å². The maximum absolute atomic E-state index is 12.7. The number of esters is 1. The van der Waals surface area contributed by atoms with Crippen molar-refractivity contribution in [2.75, 3.05) is 33.0 Å². The van der Waals surface area contributed by atoms with Gasteiger partial charge in [0.1, 0.15) is 12.2 Å². The Hall–Kier alpha value is -2.36. The molecule has 0 radical (unpaired) electrons. The molecule has 0 fully saturated rings. The van der Waals surface area contributed by atoms with E-state index >= 15 is 0 Å². The predicted octanol–water partition coefficient (Wildman–Crippen LogP) is 15.4. The topological polar surface area (TPSA) is 132 Å².